The van der Waals surface area contributed by atoms with Crippen LogP contribution in [0.3, 0.4) is 0 Å². The van der Waals surface area contributed by atoms with Gasteiger partial charge in [-0.25, -0.2) is 0 Å². The Morgan fingerprint density at radius 2 is 2.36 bits per heavy atom. The van der Waals surface area contributed by atoms with Crippen LogP contribution in [-0.4, -0.2) is 18.0 Å². The molecule has 1 rings (SSSR count). The van der Waals surface area contributed by atoms with E-state index in [1.807, 2.05) is 6.92 Å². The molecule has 0 heterocycles. The monoisotopic (exact) mass is 154 g/mol. The van der Waals surface area contributed by atoms with Crippen LogP contribution >= 0.6 is 0 Å². The lowest BCUT2D eigenvalue weighted by molar-refractivity contribution is -0.117. The molecule has 1 aliphatic carbocycles. The van der Waals surface area contributed by atoms with Gasteiger partial charge in [0, 0.05) is 18.2 Å². The number of hydrogen-bond donors (Lipinski definition) is 2. The summed E-state index contributed by atoms with van der Waals surface area (Å²) in [7, 11) is 0. The van der Waals surface area contributed by atoms with Crippen molar-refractivity contribution in [1.82, 2.24) is 5.32 Å². The maximum Gasteiger partial charge on any atom is 0.244 e. The largest absolute Gasteiger partial charge is 0.347 e. The van der Waals surface area contributed by atoms with Gasteiger partial charge in [-0.1, -0.05) is 6.08 Å². The predicted octanol–water partition coefficient (Wildman–Crippen LogP) is 0.170. The average molecular weight is 154 g/mol. The fourth-order valence-corrected chi connectivity index (χ4v) is 0.827. The topological polar surface area (TPSA) is 55.1 Å². The van der Waals surface area contributed by atoms with Crippen molar-refractivity contribution in [3.8, 4) is 0 Å². The van der Waals surface area contributed by atoms with Crippen LogP contribution in [0.5, 0.6) is 0 Å². The molecule has 3 nitrogen and oxygen atoms in total. The first kappa shape index (κ1) is 8.27. The maximum absolute atomic E-state index is 11.0. The minimum absolute atomic E-state index is 0.0320. The van der Waals surface area contributed by atoms with Gasteiger partial charge in [0.05, 0.1) is 0 Å². The summed E-state index contributed by atoms with van der Waals surface area (Å²) in [6.07, 6.45) is 5.33. The molecular weight excluding hydrogens is 140 g/mol. The van der Waals surface area contributed by atoms with E-state index in [4.69, 9.17) is 5.73 Å². The quantitative estimate of drug-likeness (QED) is 0.569. The highest BCUT2D eigenvalue weighted by molar-refractivity contribution is 5.88. The molecule has 62 valence electrons. The van der Waals surface area contributed by atoms with E-state index in [1.165, 1.54) is 6.08 Å². The minimum atomic E-state index is -0.0320. The Morgan fingerprint density at radius 1 is 1.73 bits per heavy atom. The van der Waals surface area contributed by atoms with Crippen molar-refractivity contribution in [1.29, 1.82) is 0 Å². The summed E-state index contributed by atoms with van der Waals surface area (Å²) in [4.78, 5) is 11.0. The highest BCUT2D eigenvalue weighted by atomic mass is 16.1. The van der Waals surface area contributed by atoms with Crippen molar-refractivity contribution in [2.24, 2.45) is 5.73 Å². The van der Waals surface area contributed by atoms with E-state index in [-0.39, 0.29) is 11.4 Å². The zero-order valence-corrected chi connectivity index (χ0v) is 6.76. The highest BCUT2D eigenvalue weighted by Gasteiger charge is 2.37. The van der Waals surface area contributed by atoms with E-state index < -0.39 is 0 Å². The van der Waals surface area contributed by atoms with Gasteiger partial charge < -0.3 is 11.1 Å². The molecule has 0 bridgehead atoms. The summed E-state index contributed by atoms with van der Waals surface area (Å²) in [6.45, 7) is 2.46. The summed E-state index contributed by atoms with van der Waals surface area (Å²) in [5, 5.41) is 2.88. The molecule has 0 atom stereocenters. The lowest BCUT2D eigenvalue weighted by Crippen LogP contribution is -2.32. The summed E-state index contributed by atoms with van der Waals surface area (Å²) in [5.41, 5.74) is 5.27. The molecular formula is C8H14N2O. The third-order valence-corrected chi connectivity index (χ3v) is 1.83. The molecule has 0 radical (unpaired) electrons. The van der Waals surface area contributed by atoms with E-state index in [9.17, 15) is 4.79 Å². The van der Waals surface area contributed by atoms with Gasteiger partial charge in [0.1, 0.15) is 0 Å². The van der Waals surface area contributed by atoms with Gasteiger partial charge in [0.25, 0.3) is 0 Å². The first-order chi connectivity index (χ1) is 5.16. The van der Waals surface area contributed by atoms with Crippen LogP contribution in [-0.2, 0) is 4.79 Å². The molecule has 3 N–H and O–H groups in total. The number of nitrogens with one attached hydrogen (secondary N) is 1. The molecule has 0 saturated heterocycles. The molecule has 1 aliphatic rings. The first-order valence-corrected chi connectivity index (χ1v) is 3.85. The minimum Gasteiger partial charge on any atom is -0.347 e. The summed E-state index contributed by atoms with van der Waals surface area (Å²) >= 11 is 0. The highest BCUT2D eigenvalue weighted by Crippen LogP contribution is 2.34. The van der Waals surface area contributed by atoms with E-state index in [0.29, 0.717) is 6.54 Å². The van der Waals surface area contributed by atoms with Crippen molar-refractivity contribution in [2.45, 2.75) is 25.3 Å². The van der Waals surface area contributed by atoms with Gasteiger partial charge in [-0.05, 0) is 19.8 Å². The van der Waals surface area contributed by atoms with E-state index >= 15 is 0 Å². The standard InChI is InChI=1S/C8H14N2O/c1-8(4-5-8)10-7(11)3-2-6-9/h2-3H,4-6,9H2,1H3,(H,10,11)/b3-2+. The smallest absolute Gasteiger partial charge is 0.244 e. The van der Waals surface area contributed by atoms with Gasteiger partial charge in [0.15, 0.2) is 0 Å². The molecule has 0 unspecified atom stereocenters. The summed E-state index contributed by atoms with van der Waals surface area (Å²) in [6, 6.07) is 0. The Morgan fingerprint density at radius 3 is 2.82 bits per heavy atom. The van der Waals surface area contributed by atoms with Crippen LogP contribution in [0.25, 0.3) is 0 Å². The van der Waals surface area contributed by atoms with Crippen LogP contribution in [0.2, 0.25) is 0 Å². The zero-order valence-electron chi connectivity index (χ0n) is 6.76. The van der Waals surface area contributed by atoms with Crippen LogP contribution in [0, 0.1) is 0 Å². The van der Waals surface area contributed by atoms with Crippen molar-refractivity contribution in [3.63, 3.8) is 0 Å². The van der Waals surface area contributed by atoms with Crippen LogP contribution in [0.1, 0.15) is 19.8 Å². The van der Waals surface area contributed by atoms with Crippen LogP contribution in [0.4, 0.5) is 0 Å². The third-order valence-electron chi connectivity index (χ3n) is 1.83. The number of rotatable bonds is 3. The fourth-order valence-electron chi connectivity index (χ4n) is 0.827. The predicted molar refractivity (Wildman–Crippen MR) is 44.0 cm³/mol. The van der Waals surface area contributed by atoms with Gasteiger partial charge in [-0.2, -0.15) is 0 Å². The Hall–Kier alpha value is -0.830. The molecule has 0 aromatic carbocycles. The molecule has 0 aromatic rings. The number of carbonyl (C=O) groups is 1. The Kier molecular flexibility index (Phi) is 2.29. The maximum atomic E-state index is 11.0. The number of nitrogens with two attached hydrogens (primary N) is 1. The summed E-state index contributed by atoms with van der Waals surface area (Å²) < 4.78 is 0. The van der Waals surface area contributed by atoms with Crippen molar-refractivity contribution < 1.29 is 4.79 Å². The summed E-state index contributed by atoms with van der Waals surface area (Å²) in [5.74, 6) is -0.0320. The molecule has 0 aliphatic heterocycles. The first-order valence-electron chi connectivity index (χ1n) is 3.85. The SMILES string of the molecule is CC1(NC(=O)/C=C/CN)CC1. The number of amides is 1. The van der Waals surface area contributed by atoms with E-state index in [0.717, 1.165) is 12.8 Å². The second-order valence-electron chi connectivity index (χ2n) is 3.19. The molecule has 1 saturated carbocycles. The van der Waals surface area contributed by atoms with Crippen molar-refractivity contribution in [2.75, 3.05) is 6.54 Å². The number of carbonyl (C=O) groups excluding carboxylic acids is 1. The van der Waals surface area contributed by atoms with E-state index in [2.05, 4.69) is 5.32 Å². The second-order valence-corrected chi connectivity index (χ2v) is 3.19. The number of hydrogen-bond acceptors (Lipinski definition) is 2. The molecule has 3 heteroatoms. The fraction of sp³-hybridized carbons (Fsp3) is 0.625. The molecule has 1 fully saturated rings. The Labute approximate surface area is 66.6 Å². The molecule has 0 aromatic heterocycles. The lowest BCUT2D eigenvalue weighted by Gasteiger charge is -2.07. The lowest BCUT2D eigenvalue weighted by atomic mass is 10.3. The average Bonchev–Trinajstić information content (AvgIpc) is 2.63. The Balaban J connectivity index is 2.26. The zero-order chi connectivity index (χ0) is 8.32. The normalized spacial score (nSPS) is 20.2. The van der Waals surface area contributed by atoms with Gasteiger partial charge >= 0.3 is 0 Å². The molecule has 0 spiro atoms. The van der Waals surface area contributed by atoms with E-state index in [1.54, 1.807) is 6.08 Å². The second kappa shape index (κ2) is 3.05. The molecule has 11 heavy (non-hydrogen) atoms. The van der Waals surface area contributed by atoms with Gasteiger partial charge in [0.2, 0.25) is 5.91 Å². The van der Waals surface area contributed by atoms with Crippen molar-refractivity contribution >= 4 is 5.91 Å². The van der Waals surface area contributed by atoms with Crippen LogP contribution in [0.15, 0.2) is 12.2 Å². The third kappa shape index (κ3) is 2.72. The van der Waals surface area contributed by atoms with Crippen LogP contribution < -0.4 is 11.1 Å². The Bertz CT molecular complexity index is 183. The van der Waals surface area contributed by atoms with Gasteiger partial charge in [-0.15, -0.1) is 0 Å². The molecule has 1 amide bonds. The van der Waals surface area contributed by atoms with Gasteiger partial charge in [-0.3, -0.25) is 4.79 Å². The van der Waals surface area contributed by atoms with Crippen molar-refractivity contribution in [3.05, 3.63) is 12.2 Å².